The van der Waals surface area contributed by atoms with Crippen molar-refractivity contribution >= 4 is 11.7 Å². The Bertz CT molecular complexity index is 403. The van der Waals surface area contributed by atoms with E-state index < -0.39 is 0 Å². The highest BCUT2D eigenvalue weighted by molar-refractivity contribution is 5.89. The number of carbonyl (C=O) groups is 1. The van der Waals surface area contributed by atoms with Crippen molar-refractivity contribution < 1.29 is 9.53 Å². The van der Waals surface area contributed by atoms with Crippen molar-refractivity contribution in [3.63, 3.8) is 0 Å². The van der Waals surface area contributed by atoms with E-state index in [9.17, 15) is 4.79 Å². The van der Waals surface area contributed by atoms with Crippen LogP contribution in [0.25, 0.3) is 0 Å². The molecule has 1 aliphatic rings. The van der Waals surface area contributed by atoms with Crippen LogP contribution in [0.5, 0.6) is 5.75 Å². The number of rotatable bonds is 2. The molecule has 2 rings (SSSR count). The van der Waals surface area contributed by atoms with Gasteiger partial charge in [0.25, 0.3) is 0 Å². The molecule has 1 aromatic rings. The second-order valence-corrected chi connectivity index (χ2v) is 4.85. The van der Waals surface area contributed by atoms with E-state index in [0.717, 1.165) is 30.9 Å². The molecule has 0 aliphatic carbocycles. The van der Waals surface area contributed by atoms with E-state index in [4.69, 9.17) is 4.74 Å². The van der Waals surface area contributed by atoms with Gasteiger partial charge in [-0.15, -0.1) is 0 Å². The predicted octanol–water partition coefficient (Wildman–Crippen LogP) is 2.96. The van der Waals surface area contributed by atoms with E-state index in [2.05, 4.69) is 12.2 Å². The normalized spacial score (nSPS) is 19.4. The van der Waals surface area contributed by atoms with Gasteiger partial charge < -0.3 is 15.0 Å². The standard InChI is InChI=1S/C14H20N2O2/c1-11-4-3-9-16(10-11)14(17)15-12-5-7-13(18-2)8-6-12/h5-8,11H,3-4,9-10H2,1-2H3,(H,15,17)/t11-/m0/s1. The third kappa shape index (κ3) is 3.15. The van der Waals surface area contributed by atoms with Crippen molar-refractivity contribution in [2.75, 3.05) is 25.5 Å². The third-order valence-electron chi connectivity index (χ3n) is 3.29. The molecule has 0 saturated carbocycles. The number of methoxy groups -OCH3 is 1. The maximum atomic E-state index is 12.1. The Balaban J connectivity index is 1.93. The van der Waals surface area contributed by atoms with Gasteiger partial charge in [0.1, 0.15) is 5.75 Å². The number of nitrogens with zero attached hydrogens (tertiary/aromatic N) is 1. The highest BCUT2D eigenvalue weighted by Gasteiger charge is 2.20. The molecule has 1 saturated heterocycles. The number of ether oxygens (including phenoxy) is 1. The fraction of sp³-hybridized carbons (Fsp3) is 0.500. The smallest absolute Gasteiger partial charge is 0.321 e. The molecule has 1 N–H and O–H groups in total. The Morgan fingerprint density at radius 3 is 2.72 bits per heavy atom. The van der Waals surface area contributed by atoms with E-state index in [1.165, 1.54) is 6.42 Å². The molecule has 0 bridgehead atoms. The molecule has 0 unspecified atom stereocenters. The number of nitrogens with one attached hydrogen (secondary N) is 1. The number of anilines is 1. The highest BCUT2D eigenvalue weighted by Crippen LogP contribution is 2.18. The molecule has 2 amide bonds. The van der Waals surface area contributed by atoms with Crippen LogP contribution in [0, 0.1) is 5.92 Å². The zero-order valence-electron chi connectivity index (χ0n) is 11.0. The molecule has 4 nitrogen and oxygen atoms in total. The van der Waals surface area contributed by atoms with E-state index in [-0.39, 0.29) is 6.03 Å². The minimum atomic E-state index is -0.00767. The zero-order chi connectivity index (χ0) is 13.0. The second kappa shape index (κ2) is 5.76. The minimum absolute atomic E-state index is 0.00767. The van der Waals surface area contributed by atoms with Crippen LogP contribution in [0.3, 0.4) is 0 Å². The van der Waals surface area contributed by atoms with Crippen molar-refractivity contribution in [1.82, 2.24) is 4.90 Å². The Labute approximate surface area is 108 Å². The van der Waals surface area contributed by atoms with Crippen LogP contribution in [0.1, 0.15) is 19.8 Å². The summed E-state index contributed by atoms with van der Waals surface area (Å²) >= 11 is 0. The van der Waals surface area contributed by atoms with Gasteiger partial charge in [-0.3, -0.25) is 0 Å². The van der Waals surface area contributed by atoms with Gasteiger partial charge in [-0.05, 0) is 43.0 Å². The topological polar surface area (TPSA) is 41.6 Å². The summed E-state index contributed by atoms with van der Waals surface area (Å²) in [6.45, 7) is 3.89. The van der Waals surface area contributed by atoms with Crippen LogP contribution >= 0.6 is 0 Å². The lowest BCUT2D eigenvalue weighted by Gasteiger charge is -2.30. The van der Waals surface area contributed by atoms with Gasteiger partial charge in [0.15, 0.2) is 0 Å². The lowest BCUT2D eigenvalue weighted by atomic mass is 10.0. The largest absolute Gasteiger partial charge is 0.497 e. The van der Waals surface area contributed by atoms with Gasteiger partial charge in [-0.2, -0.15) is 0 Å². The Morgan fingerprint density at radius 2 is 2.11 bits per heavy atom. The van der Waals surface area contributed by atoms with Gasteiger partial charge in [0.2, 0.25) is 0 Å². The van der Waals surface area contributed by atoms with Crippen LogP contribution in [-0.2, 0) is 0 Å². The number of urea groups is 1. The summed E-state index contributed by atoms with van der Waals surface area (Å²) in [5, 5.41) is 2.91. The first kappa shape index (κ1) is 12.7. The molecule has 1 aliphatic heterocycles. The van der Waals surface area contributed by atoms with Crippen LogP contribution < -0.4 is 10.1 Å². The fourth-order valence-corrected chi connectivity index (χ4v) is 2.25. The van der Waals surface area contributed by atoms with Crippen LogP contribution in [0.4, 0.5) is 10.5 Å². The maximum absolute atomic E-state index is 12.1. The van der Waals surface area contributed by atoms with E-state index in [1.54, 1.807) is 7.11 Å². The SMILES string of the molecule is COc1ccc(NC(=O)N2CCC[C@H](C)C2)cc1. The number of amides is 2. The molecule has 1 heterocycles. The third-order valence-corrected chi connectivity index (χ3v) is 3.29. The Kier molecular flexibility index (Phi) is 4.07. The first-order chi connectivity index (χ1) is 8.69. The molecule has 4 heteroatoms. The summed E-state index contributed by atoms with van der Waals surface area (Å²) in [6, 6.07) is 7.38. The van der Waals surface area contributed by atoms with Crippen LogP contribution in [0.2, 0.25) is 0 Å². The second-order valence-electron chi connectivity index (χ2n) is 4.85. The number of benzene rings is 1. The molecule has 1 fully saturated rings. The summed E-state index contributed by atoms with van der Waals surface area (Å²) in [6.07, 6.45) is 2.31. The number of hydrogen-bond acceptors (Lipinski definition) is 2. The van der Waals surface area contributed by atoms with Gasteiger partial charge >= 0.3 is 6.03 Å². The van der Waals surface area contributed by atoms with E-state index >= 15 is 0 Å². The summed E-state index contributed by atoms with van der Waals surface area (Å²) in [4.78, 5) is 13.9. The molecule has 1 atom stereocenters. The van der Waals surface area contributed by atoms with Gasteiger partial charge in [-0.25, -0.2) is 4.79 Å². The molecule has 0 aromatic heterocycles. The highest BCUT2D eigenvalue weighted by atomic mass is 16.5. The molecular weight excluding hydrogens is 228 g/mol. The van der Waals surface area contributed by atoms with Gasteiger partial charge in [0.05, 0.1) is 7.11 Å². The van der Waals surface area contributed by atoms with Crippen LogP contribution in [0.15, 0.2) is 24.3 Å². The van der Waals surface area contributed by atoms with Crippen molar-refractivity contribution in [2.45, 2.75) is 19.8 Å². The molecule has 98 valence electrons. The summed E-state index contributed by atoms with van der Waals surface area (Å²) in [5.74, 6) is 1.39. The molecular formula is C14H20N2O2. The number of carbonyl (C=O) groups excluding carboxylic acids is 1. The monoisotopic (exact) mass is 248 g/mol. The molecule has 1 aromatic carbocycles. The lowest BCUT2D eigenvalue weighted by Crippen LogP contribution is -2.41. The van der Waals surface area contributed by atoms with E-state index in [1.807, 2.05) is 29.2 Å². The first-order valence-electron chi connectivity index (χ1n) is 6.39. The maximum Gasteiger partial charge on any atom is 0.321 e. The number of hydrogen-bond donors (Lipinski definition) is 1. The Hall–Kier alpha value is -1.71. The lowest BCUT2D eigenvalue weighted by molar-refractivity contribution is 0.182. The summed E-state index contributed by atoms with van der Waals surface area (Å²) in [5.41, 5.74) is 0.805. The van der Waals surface area contributed by atoms with Crippen molar-refractivity contribution in [1.29, 1.82) is 0 Å². The average molecular weight is 248 g/mol. The fourth-order valence-electron chi connectivity index (χ4n) is 2.25. The van der Waals surface area contributed by atoms with Crippen molar-refractivity contribution in [3.8, 4) is 5.75 Å². The minimum Gasteiger partial charge on any atom is -0.497 e. The van der Waals surface area contributed by atoms with Crippen LogP contribution in [-0.4, -0.2) is 31.1 Å². The molecule has 0 radical (unpaired) electrons. The predicted molar refractivity (Wildman–Crippen MR) is 72.0 cm³/mol. The summed E-state index contributed by atoms with van der Waals surface area (Å²) in [7, 11) is 1.63. The van der Waals surface area contributed by atoms with Crippen molar-refractivity contribution in [2.24, 2.45) is 5.92 Å². The van der Waals surface area contributed by atoms with Crippen molar-refractivity contribution in [3.05, 3.63) is 24.3 Å². The van der Waals surface area contributed by atoms with Gasteiger partial charge in [0, 0.05) is 18.8 Å². The molecule has 0 spiro atoms. The van der Waals surface area contributed by atoms with Gasteiger partial charge in [-0.1, -0.05) is 6.92 Å². The summed E-state index contributed by atoms with van der Waals surface area (Å²) < 4.78 is 5.08. The first-order valence-corrected chi connectivity index (χ1v) is 6.39. The quantitative estimate of drug-likeness (QED) is 0.874. The average Bonchev–Trinajstić information content (AvgIpc) is 2.39. The number of piperidine rings is 1. The Morgan fingerprint density at radius 1 is 1.39 bits per heavy atom. The van der Waals surface area contributed by atoms with E-state index in [0.29, 0.717) is 5.92 Å². The zero-order valence-corrected chi connectivity index (χ0v) is 11.0. The molecule has 18 heavy (non-hydrogen) atoms. The number of likely N-dealkylation sites (tertiary alicyclic amines) is 1.